The van der Waals surface area contributed by atoms with Crippen molar-refractivity contribution in [1.29, 1.82) is 5.26 Å². The molecule has 0 aromatic carbocycles. The normalized spacial score (nSPS) is 15.0. The van der Waals surface area contributed by atoms with Crippen LogP contribution in [0.5, 0.6) is 0 Å². The number of hydrogen-bond acceptors (Lipinski definition) is 5. The van der Waals surface area contributed by atoms with Crippen LogP contribution in [0.3, 0.4) is 0 Å². The summed E-state index contributed by atoms with van der Waals surface area (Å²) >= 11 is 6.38. The topological polar surface area (TPSA) is 89.6 Å². The van der Waals surface area contributed by atoms with E-state index in [-0.39, 0.29) is 6.04 Å². The number of hydrogen-bond donors (Lipinski definition) is 0. The minimum absolute atomic E-state index is 0.106. The third-order valence-electron chi connectivity index (χ3n) is 5.12. The first kappa shape index (κ1) is 17.0. The molecule has 1 atom stereocenters. The van der Waals surface area contributed by atoms with Crippen LogP contribution in [-0.2, 0) is 7.05 Å². The molecule has 0 bridgehead atoms. The molecule has 1 fully saturated rings. The molecule has 0 spiro atoms. The molecule has 4 aromatic heterocycles. The Morgan fingerprint density at radius 2 is 2.04 bits per heavy atom. The van der Waals surface area contributed by atoms with Crippen molar-refractivity contribution in [2.24, 2.45) is 13.0 Å². The van der Waals surface area contributed by atoms with E-state index in [1.54, 1.807) is 27.7 Å². The van der Waals surface area contributed by atoms with E-state index in [4.69, 9.17) is 16.6 Å². The second kappa shape index (κ2) is 6.46. The molecule has 0 amide bonds. The zero-order valence-electron chi connectivity index (χ0n) is 15.2. The van der Waals surface area contributed by atoms with E-state index in [0.717, 1.165) is 29.7 Å². The van der Waals surface area contributed by atoms with Gasteiger partial charge in [0, 0.05) is 31.1 Å². The van der Waals surface area contributed by atoms with Crippen LogP contribution in [0.4, 0.5) is 0 Å². The molecular formula is C19H17ClN8. The molecule has 1 unspecified atom stereocenters. The molecule has 28 heavy (non-hydrogen) atoms. The summed E-state index contributed by atoms with van der Waals surface area (Å²) in [5.41, 5.74) is 3.20. The largest absolute Gasteiger partial charge is 0.275 e. The van der Waals surface area contributed by atoms with Crippen molar-refractivity contribution >= 4 is 17.2 Å². The SMILES string of the molecule is Cn1cc(-c2cc3ncc(Cl)n3c(-c3cnn(C(CC#N)C4CC4)c3)n2)cn1. The quantitative estimate of drug-likeness (QED) is 0.518. The van der Waals surface area contributed by atoms with Crippen LogP contribution >= 0.6 is 11.6 Å². The molecule has 4 heterocycles. The number of aryl methyl sites for hydroxylation is 1. The Hall–Kier alpha value is -3.18. The van der Waals surface area contributed by atoms with Gasteiger partial charge >= 0.3 is 0 Å². The van der Waals surface area contributed by atoms with Gasteiger partial charge in [-0.3, -0.25) is 13.8 Å². The highest BCUT2D eigenvalue weighted by Gasteiger charge is 2.33. The molecule has 5 rings (SSSR count). The fourth-order valence-electron chi connectivity index (χ4n) is 3.56. The number of aromatic nitrogens is 7. The average molecular weight is 393 g/mol. The second-order valence-corrected chi connectivity index (χ2v) is 7.51. The van der Waals surface area contributed by atoms with Crippen LogP contribution in [0.1, 0.15) is 25.3 Å². The number of rotatable bonds is 5. The lowest BCUT2D eigenvalue weighted by Gasteiger charge is -2.12. The van der Waals surface area contributed by atoms with E-state index >= 15 is 0 Å². The van der Waals surface area contributed by atoms with Crippen LogP contribution in [0, 0.1) is 17.2 Å². The van der Waals surface area contributed by atoms with Crippen LogP contribution in [0.15, 0.2) is 37.1 Å². The molecule has 140 valence electrons. The van der Waals surface area contributed by atoms with E-state index in [0.29, 0.717) is 29.0 Å². The van der Waals surface area contributed by atoms with Crippen LogP contribution < -0.4 is 0 Å². The molecular weight excluding hydrogens is 376 g/mol. The highest BCUT2D eigenvalue weighted by atomic mass is 35.5. The summed E-state index contributed by atoms with van der Waals surface area (Å²) in [6, 6.07) is 4.28. The standard InChI is InChI=1S/C19H17ClN8/c1-26-10-13(7-23-26)15-6-18-22-9-17(20)28(18)19(25-15)14-8-24-27(11-14)16(4-5-21)12-2-3-12/h6-12,16H,2-4H2,1H3. The van der Waals surface area contributed by atoms with E-state index in [2.05, 4.69) is 21.3 Å². The fourth-order valence-corrected chi connectivity index (χ4v) is 3.77. The molecule has 4 aromatic rings. The molecule has 0 radical (unpaired) electrons. The van der Waals surface area contributed by atoms with E-state index in [1.165, 1.54) is 0 Å². The van der Waals surface area contributed by atoms with Gasteiger partial charge in [-0.25, -0.2) is 9.97 Å². The maximum absolute atomic E-state index is 9.17. The molecule has 0 saturated heterocycles. The highest BCUT2D eigenvalue weighted by Crippen LogP contribution is 2.41. The summed E-state index contributed by atoms with van der Waals surface area (Å²) in [6.45, 7) is 0. The van der Waals surface area contributed by atoms with Gasteiger partial charge in [-0.15, -0.1) is 0 Å². The van der Waals surface area contributed by atoms with Crippen LogP contribution in [-0.4, -0.2) is 33.9 Å². The van der Waals surface area contributed by atoms with Crippen molar-refractivity contribution in [2.45, 2.75) is 25.3 Å². The molecule has 1 aliphatic carbocycles. The third-order valence-corrected chi connectivity index (χ3v) is 5.38. The van der Waals surface area contributed by atoms with Gasteiger partial charge in [0.15, 0.2) is 5.82 Å². The van der Waals surface area contributed by atoms with Crippen molar-refractivity contribution in [3.63, 3.8) is 0 Å². The third kappa shape index (κ3) is 2.84. The van der Waals surface area contributed by atoms with Gasteiger partial charge in [-0.05, 0) is 18.8 Å². The van der Waals surface area contributed by atoms with Crippen molar-refractivity contribution in [1.82, 2.24) is 33.9 Å². The van der Waals surface area contributed by atoms with E-state index < -0.39 is 0 Å². The minimum atomic E-state index is 0.106. The molecule has 9 heteroatoms. The molecule has 1 aliphatic rings. The fraction of sp³-hybridized carbons (Fsp3) is 0.316. The molecule has 8 nitrogen and oxygen atoms in total. The number of nitriles is 1. The van der Waals surface area contributed by atoms with Gasteiger partial charge in [-0.1, -0.05) is 11.6 Å². The summed E-state index contributed by atoms with van der Waals surface area (Å²) in [5, 5.41) is 18.4. The second-order valence-electron chi connectivity index (χ2n) is 7.12. The molecule has 0 N–H and O–H groups in total. The average Bonchev–Trinajstić information content (AvgIpc) is 3.07. The lowest BCUT2D eigenvalue weighted by atomic mass is 10.1. The maximum Gasteiger partial charge on any atom is 0.150 e. The van der Waals surface area contributed by atoms with Gasteiger partial charge < -0.3 is 0 Å². The lowest BCUT2D eigenvalue weighted by molar-refractivity contribution is 0.412. The Balaban J connectivity index is 1.64. The van der Waals surface area contributed by atoms with Gasteiger partial charge in [-0.2, -0.15) is 15.5 Å². The van der Waals surface area contributed by atoms with E-state index in [1.807, 2.05) is 30.2 Å². The Morgan fingerprint density at radius 3 is 2.75 bits per heavy atom. The van der Waals surface area contributed by atoms with Crippen molar-refractivity contribution in [2.75, 3.05) is 0 Å². The first-order valence-electron chi connectivity index (χ1n) is 9.08. The zero-order chi connectivity index (χ0) is 19.3. The first-order chi connectivity index (χ1) is 13.6. The Bertz CT molecular complexity index is 1210. The Labute approximate surface area is 166 Å². The Morgan fingerprint density at radius 1 is 1.21 bits per heavy atom. The smallest absolute Gasteiger partial charge is 0.150 e. The van der Waals surface area contributed by atoms with Crippen LogP contribution in [0.2, 0.25) is 5.15 Å². The first-order valence-corrected chi connectivity index (χ1v) is 9.46. The predicted molar refractivity (Wildman–Crippen MR) is 103 cm³/mol. The van der Waals surface area contributed by atoms with Crippen LogP contribution in [0.25, 0.3) is 28.3 Å². The van der Waals surface area contributed by atoms with E-state index in [9.17, 15) is 5.26 Å². The monoisotopic (exact) mass is 392 g/mol. The summed E-state index contributed by atoms with van der Waals surface area (Å²) < 4.78 is 5.43. The van der Waals surface area contributed by atoms with Gasteiger partial charge in [0.25, 0.3) is 0 Å². The summed E-state index contributed by atoms with van der Waals surface area (Å²) in [5.74, 6) is 1.19. The van der Waals surface area contributed by atoms with Crippen molar-refractivity contribution in [3.05, 3.63) is 42.2 Å². The predicted octanol–water partition coefficient (Wildman–Crippen LogP) is 3.51. The number of fused-ring (bicyclic) bond motifs is 1. The number of halogens is 1. The molecule has 0 aliphatic heterocycles. The highest BCUT2D eigenvalue weighted by molar-refractivity contribution is 6.30. The molecule has 1 saturated carbocycles. The number of nitrogens with zero attached hydrogens (tertiary/aromatic N) is 8. The maximum atomic E-state index is 9.17. The summed E-state index contributed by atoms with van der Waals surface area (Å²) in [7, 11) is 1.87. The van der Waals surface area contributed by atoms with Gasteiger partial charge in [0.05, 0.1) is 48.4 Å². The van der Waals surface area contributed by atoms with Gasteiger partial charge in [0.1, 0.15) is 10.8 Å². The van der Waals surface area contributed by atoms with Gasteiger partial charge in [0.2, 0.25) is 0 Å². The van der Waals surface area contributed by atoms with Crippen molar-refractivity contribution in [3.8, 4) is 28.7 Å². The number of imidazole rings is 1. The lowest BCUT2D eigenvalue weighted by Crippen LogP contribution is -2.11. The zero-order valence-corrected chi connectivity index (χ0v) is 16.0. The van der Waals surface area contributed by atoms with Crippen molar-refractivity contribution < 1.29 is 0 Å². The Kier molecular flexibility index (Phi) is 3.91. The summed E-state index contributed by atoms with van der Waals surface area (Å²) in [6.07, 6.45) is 11.8. The minimum Gasteiger partial charge on any atom is -0.275 e. The summed E-state index contributed by atoms with van der Waals surface area (Å²) in [4.78, 5) is 9.23.